The van der Waals surface area contributed by atoms with Crippen LogP contribution in [0.3, 0.4) is 0 Å². The second-order valence-electron chi connectivity index (χ2n) is 4.60. The molecule has 1 aromatic rings. The number of anilines is 1. The lowest BCUT2D eigenvalue weighted by Crippen LogP contribution is -2.41. The van der Waals surface area contributed by atoms with Crippen molar-refractivity contribution < 1.29 is 4.79 Å². The molecular formula is C11H15ClN2OS. The fourth-order valence-corrected chi connectivity index (χ4v) is 2.85. The second-order valence-corrected chi connectivity index (χ2v) is 6.29. The molecule has 2 heterocycles. The Kier molecular flexibility index (Phi) is 3.24. The number of rotatable bonds is 1. The van der Waals surface area contributed by atoms with Gasteiger partial charge in [0.25, 0.3) is 0 Å². The zero-order valence-electron chi connectivity index (χ0n) is 9.42. The van der Waals surface area contributed by atoms with E-state index in [1.165, 1.54) is 11.3 Å². The molecule has 0 aromatic carbocycles. The summed E-state index contributed by atoms with van der Waals surface area (Å²) in [5.74, 6) is 0.163. The van der Waals surface area contributed by atoms with E-state index in [0.29, 0.717) is 6.54 Å². The molecule has 0 radical (unpaired) electrons. The van der Waals surface area contributed by atoms with Gasteiger partial charge in [-0.1, -0.05) is 11.6 Å². The molecule has 1 aliphatic rings. The van der Waals surface area contributed by atoms with E-state index in [1.807, 2.05) is 30.9 Å². The van der Waals surface area contributed by atoms with E-state index in [0.717, 1.165) is 22.4 Å². The number of nitrogens with one attached hydrogen (secondary N) is 1. The standard InChI is InChI=1S/C11H15ClN2OS/c1-11(2)7-13-5-6-14(10(11)15)9-4-3-8(12)16-9/h3-4,13H,5-7H2,1-2H3. The molecule has 2 rings (SSSR count). The Morgan fingerprint density at radius 1 is 1.50 bits per heavy atom. The lowest BCUT2D eigenvalue weighted by Gasteiger charge is -2.27. The van der Waals surface area contributed by atoms with Crippen molar-refractivity contribution in [3.8, 4) is 0 Å². The van der Waals surface area contributed by atoms with Crippen LogP contribution >= 0.6 is 22.9 Å². The minimum absolute atomic E-state index is 0.163. The molecule has 3 nitrogen and oxygen atoms in total. The van der Waals surface area contributed by atoms with Gasteiger partial charge in [0, 0.05) is 19.6 Å². The Hall–Kier alpha value is -0.580. The maximum absolute atomic E-state index is 12.3. The average molecular weight is 259 g/mol. The van der Waals surface area contributed by atoms with Gasteiger partial charge in [-0.3, -0.25) is 4.79 Å². The number of nitrogens with zero attached hydrogens (tertiary/aromatic N) is 1. The first-order chi connectivity index (χ1) is 7.50. The van der Waals surface area contributed by atoms with Crippen LogP contribution in [0, 0.1) is 5.41 Å². The van der Waals surface area contributed by atoms with E-state index in [9.17, 15) is 4.79 Å². The molecule has 1 aliphatic heterocycles. The van der Waals surface area contributed by atoms with Crippen LogP contribution in [0.5, 0.6) is 0 Å². The Balaban J connectivity index is 2.29. The second kappa shape index (κ2) is 4.35. The number of hydrogen-bond acceptors (Lipinski definition) is 3. The zero-order valence-corrected chi connectivity index (χ0v) is 11.0. The van der Waals surface area contributed by atoms with Gasteiger partial charge >= 0.3 is 0 Å². The van der Waals surface area contributed by atoms with E-state index in [1.54, 1.807) is 0 Å². The third-order valence-electron chi connectivity index (χ3n) is 2.73. The van der Waals surface area contributed by atoms with Crippen molar-refractivity contribution in [1.82, 2.24) is 5.32 Å². The van der Waals surface area contributed by atoms with Crippen molar-refractivity contribution in [1.29, 1.82) is 0 Å². The molecule has 0 atom stereocenters. The number of carbonyl (C=O) groups is 1. The minimum Gasteiger partial charge on any atom is -0.314 e. The molecule has 0 saturated carbocycles. The van der Waals surface area contributed by atoms with Gasteiger partial charge in [-0.25, -0.2) is 0 Å². The van der Waals surface area contributed by atoms with Crippen molar-refractivity contribution in [3.63, 3.8) is 0 Å². The van der Waals surface area contributed by atoms with Crippen LogP contribution in [-0.2, 0) is 4.79 Å². The first kappa shape index (κ1) is 11.9. The summed E-state index contributed by atoms with van der Waals surface area (Å²) in [6.07, 6.45) is 0. The Labute approximate surface area is 104 Å². The number of thiophene rings is 1. The fourth-order valence-electron chi connectivity index (χ4n) is 1.79. The Morgan fingerprint density at radius 3 is 2.88 bits per heavy atom. The van der Waals surface area contributed by atoms with Gasteiger partial charge in [0.15, 0.2) is 0 Å². The summed E-state index contributed by atoms with van der Waals surface area (Å²) in [5.41, 5.74) is -0.354. The largest absolute Gasteiger partial charge is 0.314 e. The highest BCUT2D eigenvalue weighted by molar-refractivity contribution is 7.20. The molecular weight excluding hydrogens is 244 g/mol. The lowest BCUT2D eigenvalue weighted by molar-refractivity contribution is -0.125. The Bertz CT molecular complexity index is 402. The summed E-state index contributed by atoms with van der Waals surface area (Å²) in [5, 5.41) is 4.22. The van der Waals surface area contributed by atoms with Gasteiger partial charge in [-0.05, 0) is 26.0 Å². The first-order valence-corrected chi connectivity index (χ1v) is 6.48. The van der Waals surface area contributed by atoms with Crippen LogP contribution in [0.2, 0.25) is 4.34 Å². The highest BCUT2D eigenvalue weighted by Crippen LogP contribution is 2.32. The van der Waals surface area contributed by atoms with E-state index < -0.39 is 0 Å². The normalized spacial score (nSPS) is 20.9. The molecule has 5 heteroatoms. The number of amides is 1. The predicted molar refractivity (Wildman–Crippen MR) is 68.3 cm³/mol. The van der Waals surface area contributed by atoms with E-state index in [-0.39, 0.29) is 11.3 Å². The number of carbonyl (C=O) groups excluding carboxylic acids is 1. The van der Waals surface area contributed by atoms with Crippen LogP contribution < -0.4 is 10.2 Å². The summed E-state index contributed by atoms with van der Waals surface area (Å²) < 4.78 is 0.720. The smallest absolute Gasteiger partial charge is 0.234 e. The number of halogens is 1. The molecule has 0 bridgehead atoms. The van der Waals surface area contributed by atoms with Crippen LogP contribution in [-0.4, -0.2) is 25.5 Å². The molecule has 1 fully saturated rings. The summed E-state index contributed by atoms with van der Waals surface area (Å²) >= 11 is 7.35. The van der Waals surface area contributed by atoms with E-state index >= 15 is 0 Å². The molecule has 1 aromatic heterocycles. The zero-order chi connectivity index (χ0) is 11.8. The quantitative estimate of drug-likeness (QED) is 0.839. The van der Waals surface area contributed by atoms with Gasteiger partial charge in [0.2, 0.25) is 5.91 Å². The molecule has 88 valence electrons. The number of hydrogen-bond donors (Lipinski definition) is 1. The molecule has 1 amide bonds. The highest BCUT2D eigenvalue weighted by Gasteiger charge is 2.34. The predicted octanol–water partition coefficient (Wildman–Crippen LogP) is 2.36. The van der Waals surface area contributed by atoms with E-state index in [4.69, 9.17) is 11.6 Å². The maximum atomic E-state index is 12.3. The summed E-state index contributed by atoms with van der Waals surface area (Å²) in [6.45, 7) is 6.19. The SMILES string of the molecule is CC1(C)CNCCN(c2ccc(Cl)s2)C1=O. The lowest BCUT2D eigenvalue weighted by atomic mass is 9.92. The van der Waals surface area contributed by atoms with Crippen molar-refractivity contribution in [3.05, 3.63) is 16.5 Å². The Morgan fingerprint density at radius 2 is 2.25 bits per heavy atom. The van der Waals surface area contributed by atoms with Gasteiger partial charge in [-0.15, -0.1) is 11.3 Å². The van der Waals surface area contributed by atoms with Crippen molar-refractivity contribution in [2.75, 3.05) is 24.5 Å². The molecule has 0 spiro atoms. The van der Waals surface area contributed by atoms with E-state index in [2.05, 4.69) is 5.32 Å². The monoisotopic (exact) mass is 258 g/mol. The summed E-state index contributed by atoms with van der Waals surface area (Å²) in [6, 6.07) is 3.74. The van der Waals surface area contributed by atoms with Crippen molar-refractivity contribution in [2.45, 2.75) is 13.8 Å². The first-order valence-electron chi connectivity index (χ1n) is 5.29. The molecule has 1 N–H and O–H groups in total. The van der Waals surface area contributed by atoms with Crippen LogP contribution in [0.1, 0.15) is 13.8 Å². The molecule has 1 saturated heterocycles. The van der Waals surface area contributed by atoms with Crippen LogP contribution in [0.15, 0.2) is 12.1 Å². The van der Waals surface area contributed by atoms with Crippen LogP contribution in [0.25, 0.3) is 0 Å². The maximum Gasteiger partial charge on any atom is 0.234 e. The summed E-state index contributed by atoms with van der Waals surface area (Å²) in [4.78, 5) is 14.2. The van der Waals surface area contributed by atoms with Gasteiger partial charge in [0.1, 0.15) is 0 Å². The molecule has 16 heavy (non-hydrogen) atoms. The van der Waals surface area contributed by atoms with Crippen molar-refractivity contribution in [2.24, 2.45) is 5.41 Å². The van der Waals surface area contributed by atoms with Crippen molar-refractivity contribution >= 4 is 33.8 Å². The highest BCUT2D eigenvalue weighted by atomic mass is 35.5. The molecule has 0 aliphatic carbocycles. The fraction of sp³-hybridized carbons (Fsp3) is 0.545. The third kappa shape index (κ3) is 2.24. The van der Waals surface area contributed by atoms with Gasteiger partial charge < -0.3 is 10.2 Å². The topological polar surface area (TPSA) is 32.3 Å². The minimum atomic E-state index is -0.354. The van der Waals surface area contributed by atoms with Gasteiger partial charge in [-0.2, -0.15) is 0 Å². The third-order valence-corrected chi connectivity index (χ3v) is 3.98. The summed E-state index contributed by atoms with van der Waals surface area (Å²) in [7, 11) is 0. The average Bonchev–Trinajstić information content (AvgIpc) is 2.58. The van der Waals surface area contributed by atoms with Crippen LogP contribution in [0.4, 0.5) is 5.00 Å². The van der Waals surface area contributed by atoms with Gasteiger partial charge in [0.05, 0.1) is 14.8 Å². The molecule has 0 unspecified atom stereocenters.